The minimum absolute atomic E-state index is 0.388. The molecule has 1 unspecified atom stereocenters. The molecular formula is C15H16BrNO5. The molecule has 2 rings (SSSR count). The fourth-order valence-electron chi connectivity index (χ4n) is 1.87. The molecule has 0 aliphatic carbocycles. The van der Waals surface area contributed by atoms with Crippen LogP contribution in [0.4, 0.5) is 0 Å². The van der Waals surface area contributed by atoms with E-state index in [1.807, 2.05) is 0 Å². The number of carboxylic acid groups (broad SMARTS) is 1. The highest BCUT2D eigenvalue weighted by molar-refractivity contribution is 9.10. The molecule has 1 heterocycles. The molecule has 118 valence electrons. The summed E-state index contributed by atoms with van der Waals surface area (Å²) in [4.78, 5) is 24.0. The first kappa shape index (κ1) is 16.4. The van der Waals surface area contributed by atoms with E-state index < -0.39 is 12.0 Å². The van der Waals surface area contributed by atoms with Crippen molar-refractivity contribution in [3.8, 4) is 11.5 Å². The number of aliphatic carboxylic acids is 1. The molecular weight excluding hydrogens is 354 g/mol. The second kappa shape index (κ2) is 6.83. The first-order valence-electron chi connectivity index (χ1n) is 6.67. The molecule has 0 bridgehead atoms. The van der Waals surface area contributed by atoms with Gasteiger partial charge in [0, 0.05) is 13.1 Å². The van der Waals surface area contributed by atoms with Gasteiger partial charge in [0.15, 0.2) is 11.5 Å². The van der Waals surface area contributed by atoms with Crippen LogP contribution in [0.3, 0.4) is 0 Å². The average molecular weight is 370 g/mol. The van der Waals surface area contributed by atoms with Gasteiger partial charge in [-0.05, 0) is 46.6 Å². The first-order valence-corrected chi connectivity index (χ1v) is 7.46. The molecule has 0 fully saturated rings. The fourth-order valence-corrected chi connectivity index (χ4v) is 2.44. The number of carbonyl (C=O) groups excluding carboxylic acids is 1. The minimum Gasteiger partial charge on any atom is -0.486 e. The Morgan fingerprint density at radius 3 is 2.73 bits per heavy atom. The molecule has 0 spiro atoms. The molecule has 22 heavy (non-hydrogen) atoms. The predicted molar refractivity (Wildman–Crippen MR) is 84.0 cm³/mol. The van der Waals surface area contributed by atoms with Crippen molar-refractivity contribution in [3.05, 3.63) is 28.2 Å². The van der Waals surface area contributed by atoms with Gasteiger partial charge in [0.05, 0.1) is 4.47 Å². The van der Waals surface area contributed by atoms with Gasteiger partial charge < -0.3 is 19.5 Å². The van der Waals surface area contributed by atoms with E-state index in [0.717, 1.165) is 14.9 Å². The number of benzene rings is 1. The summed E-state index contributed by atoms with van der Waals surface area (Å²) in [7, 11) is 1.45. The van der Waals surface area contributed by atoms with E-state index in [1.165, 1.54) is 20.0 Å². The SMILES string of the molecule is CC(C(=O)O)N(C)C(=O)/C=C/c1cc(Br)c2c(c1)OCCO2. The number of carboxylic acids is 1. The van der Waals surface area contributed by atoms with Gasteiger partial charge in [-0.2, -0.15) is 0 Å². The first-order chi connectivity index (χ1) is 10.4. The molecule has 7 heteroatoms. The molecule has 1 aliphatic rings. The van der Waals surface area contributed by atoms with Crippen molar-refractivity contribution in [1.29, 1.82) is 0 Å². The third-order valence-electron chi connectivity index (χ3n) is 3.32. The maximum atomic E-state index is 11.9. The van der Waals surface area contributed by atoms with Gasteiger partial charge in [-0.25, -0.2) is 4.79 Å². The molecule has 0 saturated carbocycles. The highest BCUT2D eigenvalue weighted by Crippen LogP contribution is 2.38. The number of amides is 1. The van der Waals surface area contributed by atoms with Crippen LogP contribution < -0.4 is 9.47 Å². The van der Waals surface area contributed by atoms with E-state index in [-0.39, 0.29) is 5.91 Å². The van der Waals surface area contributed by atoms with Crippen LogP contribution in [-0.2, 0) is 9.59 Å². The predicted octanol–water partition coefficient (Wildman–Crippen LogP) is 2.17. The Labute approximate surface area is 136 Å². The number of rotatable bonds is 4. The number of carbonyl (C=O) groups is 2. The second-order valence-corrected chi connectivity index (χ2v) is 5.68. The maximum Gasteiger partial charge on any atom is 0.326 e. The number of likely N-dealkylation sites (N-methyl/N-ethyl adjacent to an activating group) is 1. The highest BCUT2D eigenvalue weighted by atomic mass is 79.9. The van der Waals surface area contributed by atoms with Gasteiger partial charge in [0.1, 0.15) is 19.3 Å². The van der Waals surface area contributed by atoms with E-state index in [0.29, 0.717) is 24.7 Å². The summed E-state index contributed by atoms with van der Waals surface area (Å²) in [6.45, 7) is 2.43. The van der Waals surface area contributed by atoms with Crippen molar-refractivity contribution in [2.24, 2.45) is 0 Å². The molecule has 1 atom stereocenters. The van der Waals surface area contributed by atoms with Crippen LogP contribution in [0, 0.1) is 0 Å². The Morgan fingerprint density at radius 2 is 2.05 bits per heavy atom. The number of fused-ring (bicyclic) bond motifs is 1. The van der Waals surface area contributed by atoms with Crippen molar-refractivity contribution in [3.63, 3.8) is 0 Å². The number of hydrogen-bond acceptors (Lipinski definition) is 4. The van der Waals surface area contributed by atoms with E-state index in [4.69, 9.17) is 14.6 Å². The van der Waals surface area contributed by atoms with Crippen molar-refractivity contribution in [2.75, 3.05) is 20.3 Å². The van der Waals surface area contributed by atoms with Gasteiger partial charge >= 0.3 is 5.97 Å². The lowest BCUT2D eigenvalue weighted by molar-refractivity contribution is -0.146. The zero-order chi connectivity index (χ0) is 16.3. The molecule has 1 N–H and O–H groups in total. The Kier molecular flexibility index (Phi) is 5.07. The monoisotopic (exact) mass is 369 g/mol. The van der Waals surface area contributed by atoms with Crippen molar-refractivity contribution in [2.45, 2.75) is 13.0 Å². The molecule has 1 aromatic rings. The molecule has 0 saturated heterocycles. The topological polar surface area (TPSA) is 76.1 Å². The minimum atomic E-state index is -1.05. The van der Waals surface area contributed by atoms with Crippen LogP contribution in [0.2, 0.25) is 0 Å². The Hall–Kier alpha value is -2.02. The van der Waals surface area contributed by atoms with E-state index in [2.05, 4.69) is 15.9 Å². The zero-order valence-corrected chi connectivity index (χ0v) is 13.8. The standard InChI is InChI=1S/C15H16BrNO5/c1-9(15(19)20)17(2)13(18)4-3-10-7-11(16)14-12(8-10)21-5-6-22-14/h3-4,7-9H,5-6H2,1-2H3,(H,19,20)/b4-3+. The molecule has 0 aromatic heterocycles. The van der Waals surface area contributed by atoms with Crippen molar-refractivity contribution in [1.82, 2.24) is 4.90 Å². The quantitative estimate of drug-likeness (QED) is 0.823. The van der Waals surface area contributed by atoms with Gasteiger partial charge in [-0.3, -0.25) is 4.79 Å². The summed E-state index contributed by atoms with van der Waals surface area (Å²) in [5.41, 5.74) is 0.751. The summed E-state index contributed by atoms with van der Waals surface area (Å²) < 4.78 is 11.7. The van der Waals surface area contributed by atoms with Crippen molar-refractivity contribution < 1.29 is 24.2 Å². The normalized spacial score (nSPS) is 14.7. The summed E-state index contributed by atoms with van der Waals surface area (Å²) in [5, 5.41) is 8.90. The van der Waals surface area contributed by atoms with Crippen LogP contribution >= 0.6 is 15.9 Å². The van der Waals surface area contributed by atoms with Crippen LogP contribution in [0.5, 0.6) is 11.5 Å². The smallest absolute Gasteiger partial charge is 0.326 e. The molecule has 1 amide bonds. The number of ether oxygens (including phenoxy) is 2. The van der Waals surface area contributed by atoms with Crippen molar-refractivity contribution >= 4 is 33.9 Å². The van der Waals surface area contributed by atoms with Gasteiger partial charge in [-0.15, -0.1) is 0 Å². The summed E-state index contributed by atoms with van der Waals surface area (Å²) in [6, 6.07) is 2.69. The molecule has 6 nitrogen and oxygen atoms in total. The Morgan fingerprint density at radius 1 is 1.36 bits per heavy atom. The largest absolute Gasteiger partial charge is 0.486 e. The van der Waals surface area contributed by atoms with Crippen LogP contribution in [0.1, 0.15) is 12.5 Å². The number of halogens is 1. The van der Waals surface area contributed by atoms with Crippen LogP contribution in [-0.4, -0.2) is 48.2 Å². The summed E-state index contributed by atoms with van der Waals surface area (Å²) in [5.74, 6) is -0.182. The average Bonchev–Trinajstić information content (AvgIpc) is 2.51. The second-order valence-electron chi connectivity index (χ2n) is 4.82. The van der Waals surface area contributed by atoms with Gasteiger partial charge in [-0.1, -0.05) is 0 Å². The molecule has 1 aliphatic heterocycles. The van der Waals surface area contributed by atoms with Gasteiger partial charge in [0.25, 0.3) is 0 Å². The highest BCUT2D eigenvalue weighted by Gasteiger charge is 2.20. The molecule has 1 aromatic carbocycles. The number of nitrogens with zero attached hydrogens (tertiary/aromatic N) is 1. The molecule has 0 radical (unpaired) electrons. The van der Waals surface area contributed by atoms with E-state index in [9.17, 15) is 9.59 Å². The van der Waals surface area contributed by atoms with Gasteiger partial charge in [0.2, 0.25) is 5.91 Å². The third-order valence-corrected chi connectivity index (χ3v) is 3.91. The summed E-state index contributed by atoms with van der Waals surface area (Å²) in [6.07, 6.45) is 2.94. The van der Waals surface area contributed by atoms with E-state index in [1.54, 1.807) is 18.2 Å². The Balaban J connectivity index is 2.15. The van der Waals surface area contributed by atoms with Crippen LogP contribution in [0.15, 0.2) is 22.7 Å². The lowest BCUT2D eigenvalue weighted by Gasteiger charge is -2.20. The number of hydrogen-bond donors (Lipinski definition) is 1. The fraction of sp³-hybridized carbons (Fsp3) is 0.333. The summed E-state index contributed by atoms with van der Waals surface area (Å²) >= 11 is 3.40. The lowest BCUT2D eigenvalue weighted by atomic mass is 10.1. The maximum absolute atomic E-state index is 11.9. The zero-order valence-electron chi connectivity index (χ0n) is 12.2. The Bertz CT molecular complexity index is 629. The van der Waals surface area contributed by atoms with E-state index >= 15 is 0 Å². The lowest BCUT2D eigenvalue weighted by Crippen LogP contribution is -2.39. The van der Waals surface area contributed by atoms with Crippen LogP contribution in [0.25, 0.3) is 6.08 Å². The third kappa shape index (κ3) is 3.59.